The van der Waals surface area contributed by atoms with Gasteiger partial charge in [0.25, 0.3) is 5.91 Å². The lowest BCUT2D eigenvalue weighted by Crippen LogP contribution is -2.75. The molecule has 2 aromatic carbocycles. The van der Waals surface area contributed by atoms with Crippen LogP contribution in [0.25, 0.3) is 0 Å². The first-order valence-corrected chi connectivity index (χ1v) is 10.4. The van der Waals surface area contributed by atoms with Gasteiger partial charge in [0, 0.05) is 18.0 Å². The summed E-state index contributed by atoms with van der Waals surface area (Å²) in [4.78, 5) is 25.0. The fourth-order valence-electron chi connectivity index (χ4n) is 4.78. The molecule has 5 nitrogen and oxygen atoms in total. The monoisotopic (exact) mass is 431 g/mol. The lowest BCUT2D eigenvalue weighted by Gasteiger charge is -2.70. The van der Waals surface area contributed by atoms with Crippen molar-refractivity contribution in [1.82, 2.24) is 5.32 Å². The maximum atomic E-state index is 13.4. The molecule has 0 aliphatic heterocycles. The second-order valence-electron chi connectivity index (χ2n) is 8.25. The normalized spacial score (nSPS) is 23.7. The number of ketones is 1. The number of amides is 1. The van der Waals surface area contributed by atoms with E-state index in [2.05, 4.69) is 5.32 Å². The highest BCUT2D eigenvalue weighted by Crippen LogP contribution is 2.69. The first-order valence-electron chi connectivity index (χ1n) is 9.98. The average Bonchev–Trinajstić information content (AvgIpc) is 2.67. The van der Waals surface area contributed by atoms with Crippen molar-refractivity contribution in [2.45, 2.75) is 38.1 Å². The molecule has 0 radical (unpaired) electrons. The van der Waals surface area contributed by atoms with Crippen LogP contribution >= 0.6 is 11.6 Å². The zero-order valence-electron chi connectivity index (χ0n) is 16.7. The van der Waals surface area contributed by atoms with Gasteiger partial charge in [0.05, 0.1) is 17.2 Å². The van der Waals surface area contributed by atoms with E-state index < -0.39 is 5.82 Å². The van der Waals surface area contributed by atoms with Crippen molar-refractivity contribution in [1.29, 1.82) is 0 Å². The van der Waals surface area contributed by atoms with Crippen LogP contribution in [0.5, 0.6) is 11.5 Å². The highest BCUT2D eigenvalue weighted by Gasteiger charge is 2.68. The molecule has 2 aromatic rings. The minimum Gasteiger partial charge on any atom is -0.493 e. The Balaban J connectivity index is 1.26. The second kappa shape index (κ2) is 7.91. The van der Waals surface area contributed by atoms with Crippen LogP contribution in [0.1, 0.15) is 43.0 Å². The van der Waals surface area contributed by atoms with Crippen molar-refractivity contribution >= 4 is 23.3 Å². The van der Waals surface area contributed by atoms with Gasteiger partial charge in [-0.2, -0.15) is 0 Å². The summed E-state index contributed by atoms with van der Waals surface area (Å²) in [6.07, 6.45) is 2.80. The van der Waals surface area contributed by atoms with Crippen LogP contribution in [-0.2, 0) is 4.79 Å². The van der Waals surface area contributed by atoms with Gasteiger partial charge in [0.1, 0.15) is 17.3 Å². The third-order valence-corrected chi connectivity index (χ3v) is 6.14. The topological polar surface area (TPSA) is 64.6 Å². The van der Waals surface area contributed by atoms with Crippen molar-refractivity contribution in [3.63, 3.8) is 0 Å². The van der Waals surface area contributed by atoms with E-state index in [0.29, 0.717) is 24.3 Å². The zero-order chi connectivity index (χ0) is 21.4. The lowest BCUT2D eigenvalue weighted by molar-refractivity contribution is -0.164. The molecule has 3 fully saturated rings. The van der Waals surface area contributed by atoms with Gasteiger partial charge in [0.2, 0.25) is 0 Å². The quantitative estimate of drug-likeness (QED) is 0.591. The summed E-state index contributed by atoms with van der Waals surface area (Å²) < 4.78 is 24.3. The Hall–Kier alpha value is -2.60. The third kappa shape index (κ3) is 4.01. The number of ether oxygens (including phenoxy) is 2. The fourth-order valence-corrected chi connectivity index (χ4v) is 4.90. The molecule has 0 aromatic heterocycles. The molecule has 3 aliphatic rings. The number of rotatable bonds is 9. The predicted molar refractivity (Wildman–Crippen MR) is 111 cm³/mol. The predicted octanol–water partition coefficient (Wildman–Crippen LogP) is 4.57. The summed E-state index contributed by atoms with van der Waals surface area (Å²) in [6.45, 7) is 2.20. The third-order valence-electron chi connectivity index (χ3n) is 5.83. The molecule has 30 heavy (non-hydrogen) atoms. The standard InChI is InChI=1S/C23H23ClFNO4/c1-2-29-20-6-4-3-5-16(20)19(27)10-22-12-23(13-22,14-22)26-21(28)11-30-15-7-8-17(24)18(25)9-15/h3-9H,2,10-14H2,1H3,(H,26,28). The largest absolute Gasteiger partial charge is 0.493 e. The summed E-state index contributed by atoms with van der Waals surface area (Å²) in [7, 11) is 0. The van der Waals surface area contributed by atoms with E-state index >= 15 is 0 Å². The highest BCUT2D eigenvalue weighted by molar-refractivity contribution is 6.30. The number of hydrogen-bond acceptors (Lipinski definition) is 4. The Morgan fingerprint density at radius 1 is 1.13 bits per heavy atom. The van der Waals surface area contributed by atoms with Crippen molar-refractivity contribution in [3.05, 3.63) is 58.9 Å². The first-order chi connectivity index (χ1) is 14.3. The smallest absolute Gasteiger partial charge is 0.258 e. The molecule has 3 saturated carbocycles. The molecular formula is C23H23ClFNO4. The maximum absolute atomic E-state index is 13.4. The molecule has 1 amide bonds. The summed E-state index contributed by atoms with van der Waals surface area (Å²) in [5.74, 6) is 0.0973. The Morgan fingerprint density at radius 3 is 2.57 bits per heavy atom. The summed E-state index contributed by atoms with van der Waals surface area (Å²) in [5, 5.41) is 3.01. The number of nitrogens with one attached hydrogen (secondary N) is 1. The summed E-state index contributed by atoms with van der Waals surface area (Å²) in [6, 6.07) is 11.4. The number of Topliss-reactive ketones (excluding diaryl/α,β-unsaturated/α-hetero) is 1. The van der Waals surface area contributed by atoms with Gasteiger partial charge >= 0.3 is 0 Å². The fraction of sp³-hybridized carbons (Fsp3) is 0.391. The van der Waals surface area contributed by atoms with E-state index in [9.17, 15) is 14.0 Å². The second-order valence-corrected chi connectivity index (χ2v) is 8.66. The summed E-state index contributed by atoms with van der Waals surface area (Å²) >= 11 is 5.63. The molecule has 0 unspecified atom stereocenters. The van der Waals surface area contributed by atoms with Crippen LogP contribution in [0, 0.1) is 11.2 Å². The van der Waals surface area contributed by atoms with Gasteiger partial charge in [-0.1, -0.05) is 23.7 Å². The first kappa shape index (κ1) is 20.7. The average molecular weight is 432 g/mol. The number of benzene rings is 2. The Morgan fingerprint density at radius 2 is 1.87 bits per heavy atom. The molecular weight excluding hydrogens is 409 g/mol. The molecule has 7 heteroatoms. The number of para-hydroxylation sites is 1. The zero-order valence-corrected chi connectivity index (χ0v) is 17.4. The van der Waals surface area contributed by atoms with Crippen LogP contribution in [0.4, 0.5) is 4.39 Å². The van der Waals surface area contributed by atoms with E-state index in [1.54, 1.807) is 6.07 Å². The van der Waals surface area contributed by atoms with Crippen molar-refractivity contribution in [2.75, 3.05) is 13.2 Å². The Labute approximate surface area is 179 Å². The number of carbonyl (C=O) groups is 2. The van der Waals surface area contributed by atoms with E-state index in [4.69, 9.17) is 21.1 Å². The molecule has 0 heterocycles. The van der Waals surface area contributed by atoms with Gasteiger partial charge in [0.15, 0.2) is 12.4 Å². The molecule has 2 bridgehead atoms. The number of hydrogen-bond donors (Lipinski definition) is 1. The van der Waals surface area contributed by atoms with Crippen LogP contribution in [-0.4, -0.2) is 30.4 Å². The van der Waals surface area contributed by atoms with E-state index in [0.717, 1.165) is 25.3 Å². The van der Waals surface area contributed by atoms with Crippen molar-refractivity contribution in [2.24, 2.45) is 5.41 Å². The van der Waals surface area contributed by atoms with E-state index in [1.165, 1.54) is 12.1 Å². The van der Waals surface area contributed by atoms with Gasteiger partial charge < -0.3 is 14.8 Å². The van der Waals surface area contributed by atoms with Crippen LogP contribution in [0.3, 0.4) is 0 Å². The molecule has 5 rings (SSSR count). The highest BCUT2D eigenvalue weighted by atomic mass is 35.5. The summed E-state index contributed by atoms with van der Waals surface area (Å²) in [5.41, 5.74) is 0.334. The van der Waals surface area contributed by atoms with Gasteiger partial charge in [-0.05, 0) is 55.9 Å². The number of carbonyl (C=O) groups excluding carboxylic acids is 2. The van der Waals surface area contributed by atoms with Crippen LogP contribution < -0.4 is 14.8 Å². The van der Waals surface area contributed by atoms with Crippen LogP contribution in [0.15, 0.2) is 42.5 Å². The number of halogens is 2. The molecule has 3 aliphatic carbocycles. The van der Waals surface area contributed by atoms with Gasteiger partial charge in [-0.15, -0.1) is 0 Å². The van der Waals surface area contributed by atoms with E-state index in [1.807, 2.05) is 25.1 Å². The van der Waals surface area contributed by atoms with Crippen molar-refractivity contribution in [3.8, 4) is 11.5 Å². The molecule has 0 atom stereocenters. The van der Waals surface area contributed by atoms with E-state index in [-0.39, 0.29) is 40.0 Å². The van der Waals surface area contributed by atoms with Crippen LogP contribution in [0.2, 0.25) is 5.02 Å². The SMILES string of the molecule is CCOc1ccccc1C(=O)CC12CC(NC(=O)COc3ccc(Cl)c(F)c3)(C1)C2. The molecule has 0 saturated heterocycles. The lowest BCUT2D eigenvalue weighted by atomic mass is 9.38. The Bertz CT molecular complexity index is 973. The van der Waals surface area contributed by atoms with Gasteiger partial charge in [-0.3, -0.25) is 9.59 Å². The molecule has 1 N–H and O–H groups in total. The van der Waals surface area contributed by atoms with Gasteiger partial charge in [-0.25, -0.2) is 4.39 Å². The minimum absolute atomic E-state index is 0.00407. The maximum Gasteiger partial charge on any atom is 0.258 e. The molecule has 0 spiro atoms. The minimum atomic E-state index is -0.591. The van der Waals surface area contributed by atoms with Crippen molar-refractivity contribution < 1.29 is 23.5 Å². The Kier molecular flexibility index (Phi) is 5.45. The molecule has 158 valence electrons.